The number of anilines is 1. The third-order valence-electron chi connectivity index (χ3n) is 2.90. The van der Waals surface area contributed by atoms with Crippen LogP contribution in [0.1, 0.15) is 37.0 Å². The molecule has 0 aliphatic rings. The van der Waals surface area contributed by atoms with Gasteiger partial charge in [-0.05, 0) is 13.3 Å². The predicted octanol–water partition coefficient (Wildman–Crippen LogP) is 1.93. The van der Waals surface area contributed by atoms with Gasteiger partial charge in [0.15, 0.2) is 5.82 Å². The van der Waals surface area contributed by atoms with Crippen molar-refractivity contribution in [2.45, 2.75) is 40.2 Å². The van der Waals surface area contributed by atoms with E-state index in [9.17, 15) is 0 Å². The molecule has 6 nitrogen and oxygen atoms in total. The van der Waals surface area contributed by atoms with E-state index in [0.717, 1.165) is 30.0 Å². The summed E-state index contributed by atoms with van der Waals surface area (Å²) in [6.07, 6.45) is 3.53. The molecular weight excluding hydrogens is 242 g/mol. The van der Waals surface area contributed by atoms with Crippen LogP contribution in [0.4, 0.5) is 5.82 Å². The van der Waals surface area contributed by atoms with Crippen molar-refractivity contribution in [3.05, 3.63) is 29.3 Å². The number of hydrogen-bond donors (Lipinski definition) is 0. The summed E-state index contributed by atoms with van der Waals surface area (Å²) >= 11 is 0. The van der Waals surface area contributed by atoms with Gasteiger partial charge in [0, 0.05) is 25.2 Å². The van der Waals surface area contributed by atoms with Gasteiger partial charge in [-0.2, -0.15) is 4.98 Å². The SMILES string of the molecule is CCc1nc(CN(C)c2nc(C)ncc2CC)no1. The Morgan fingerprint density at radius 1 is 1.21 bits per heavy atom. The second-order valence-corrected chi connectivity index (χ2v) is 4.43. The number of nitrogens with zero attached hydrogens (tertiary/aromatic N) is 5. The van der Waals surface area contributed by atoms with Crippen molar-refractivity contribution in [2.75, 3.05) is 11.9 Å². The van der Waals surface area contributed by atoms with Crippen molar-refractivity contribution in [1.82, 2.24) is 20.1 Å². The molecule has 0 unspecified atom stereocenters. The first-order chi connectivity index (χ1) is 9.13. The van der Waals surface area contributed by atoms with Crippen LogP contribution in [0.25, 0.3) is 0 Å². The molecule has 0 aliphatic carbocycles. The van der Waals surface area contributed by atoms with Gasteiger partial charge in [-0.25, -0.2) is 9.97 Å². The molecule has 2 heterocycles. The van der Waals surface area contributed by atoms with E-state index in [1.54, 1.807) is 0 Å². The molecule has 0 aromatic carbocycles. The van der Waals surface area contributed by atoms with E-state index < -0.39 is 0 Å². The molecule has 0 N–H and O–H groups in total. The first-order valence-corrected chi connectivity index (χ1v) is 6.49. The van der Waals surface area contributed by atoms with Crippen LogP contribution < -0.4 is 4.90 Å². The lowest BCUT2D eigenvalue weighted by atomic mass is 10.2. The summed E-state index contributed by atoms with van der Waals surface area (Å²) in [6, 6.07) is 0. The lowest BCUT2D eigenvalue weighted by Crippen LogP contribution is -2.21. The van der Waals surface area contributed by atoms with Crippen molar-refractivity contribution >= 4 is 5.82 Å². The summed E-state index contributed by atoms with van der Waals surface area (Å²) in [5.41, 5.74) is 1.12. The minimum atomic E-state index is 0.576. The molecule has 2 rings (SSSR count). The molecule has 0 aliphatic heterocycles. The normalized spacial score (nSPS) is 10.7. The zero-order chi connectivity index (χ0) is 13.8. The number of aromatic nitrogens is 4. The van der Waals surface area contributed by atoms with Gasteiger partial charge in [-0.3, -0.25) is 0 Å². The van der Waals surface area contributed by atoms with Gasteiger partial charge in [-0.1, -0.05) is 19.0 Å². The van der Waals surface area contributed by atoms with Crippen molar-refractivity contribution in [3.63, 3.8) is 0 Å². The third-order valence-corrected chi connectivity index (χ3v) is 2.90. The summed E-state index contributed by atoms with van der Waals surface area (Å²) in [7, 11) is 1.98. The summed E-state index contributed by atoms with van der Waals surface area (Å²) in [5.74, 6) is 3.04. The van der Waals surface area contributed by atoms with Crippen LogP contribution >= 0.6 is 0 Å². The Morgan fingerprint density at radius 2 is 2.00 bits per heavy atom. The summed E-state index contributed by atoms with van der Waals surface area (Å²) in [6.45, 7) is 6.55. The Bertz CT molecular complexity index is 552. The van der Waals surface area contributed by atoms with Gasteiger partial charge in [0.2, 0.25) is 5.89 Å². The van der Waals surface area contributed by atoms with Crippen LogP contribution in [0.2, 0.25) is 0 Å². The first-order valence-electron chi connectivity index (χ1n) is 6.49. The average molecular weight is 261 g/mol. The Labute approximate surface area is 112 Å². The molecule has 2 aromatic heterocycles. The van der Waals surface area contributed by atoms with Crippen LogP contribution in [-0.4, -0.2) is 27.2 Å². The molecule has 6 heteroatoms. The van der Waals surface area contributed by atoms with Crippen LogP contribution in [0.5, 0.6) is 0 Å². The second kappa shape index (κ2) is 5.77. The van der Waals surface area contributed by atoms with E-state index >= 15 is 0 Å². The van der Waals surface area contributed by atoms with Crippen molar-refractivity contribution < 1.29 is 4.52 Å². The Balaban J connectivity index is 2.19. The smallest absolute Gasteiger partial charge is 0.226 e. The molecule has 0 saturated heterocycles. The number of hydrogen-bond acceptors (Lipinski definition) is 6. The minimum absolute atomic E-state index is 0.576. The van der Waals surface area contributed by atoms with E-state index in [-0.39, 0.29) is 0 Å². The first kappa shape index (κ1) is 13.5. The molecule has 19 heavy (non-hydrogen) atoms. The molecule has 0 spiro atoms. The van der Waals surface area contributed by atoms with E-state index in [2.05, 4.69) is 27.0 Å². The molecule has 0 radical (unpaired) electrons. The summed E-state index contributed by atoms with van der Waals surface area (Å²) in [5, 5.41) is 3.96. The predicted molar refractivity (Wildman–Crippen MR) is 71.9 cm³/mol. The van der Waals surface area contributed by atoms with Gasteiger partial charge in [0.05, 0.1) is 6.54 Å². The highest BCUT2D eigenvalue weighted by Gasteiger charge is 2.13. The molecule has 0 bridgehead atoms. The highest BCUT2D eigenvalue weighted by molar-refractivity contribution is 5.45. The average Bonchev–Trinajstić information content (AvgIpc) is 2.86. The topological polar surface area (TPSA) is 67.9 Å². The van der Waals surface area contributed by atoms with Crippen molar-refractivity contribution in [3.8, 4) is 0 Å². The number of rotatable bonds is 5. The van der Waals surface area contributed by atoms with E-state index in [0.29, 0.717) is 18.3 Å². The monoisotopic (exact) mass is 261 g/mol. The standard InChI is InChI=1S/C13H19N5O/c1-5-10-7-14-9(3)15-13(10)18(4)8-11-16-12(6-2)19-17-11/h7H,5-6,8H2,1-4H3. The molecule has 0 amide bonds. The van der Waals surface area contributed by atoms with Crippen molar-refractivity contribution in [1.29, 1.82) is 0 Å². The highest BCUT2D eigenvalue weighted by atomic mass is 16.5. The van der Waals surface area contributed by atoms with Crippen molar-refractivity contribution in [2.24, 2.45) is 0 Å². The fourth-order valence-electron chi connectivity index (χ4n) is 1.85. The van der Waals surface area contributed by atoms with E-state index in [1.807, 2.05) is 32.0 Å². The van der Waals surface area contributed by atoms with Gasteiger partial charge in [-0.15, -0.1) is 0 Å². The maximum atomic E-state index is 5.11. The molecule has 2 aromatic rings. The molecule has 0 atom stereocenters. The highest BCUT2D eigenvalue weighted by Crippen LogP contribution is 2.18. The molecular formula is C13H19N5O. The van der Waals surface area contributed by atoms with Gasteiger partial charge >= 0.3 is 0 Å². The third kappa shape index (κ3) is 3.07. The Kier molecular flexibility index (Phi) is 4.09. The zero-order valence-electron chi connectivity index (χ0n) is 11.8. The summed E-state index contributed by atoms with van der Waals surface area (Å²) in [4.78, 5) is 15.1. The lowest BCUT2D eigenvalue weighted by molar-refractivity contribution is 0.376. The zero-order valence-corrected chi connectivity index (χ0v) is 11.8. The van der Waals surface area contributed by atoms with Crippen LogP contribution in [0.15, 0.2) is 10.7 Å². The molecule has 0 saturated carbocycles. The maximum Gasteiger partial charge on any atom is 0.226 e. The Morgan fingerprint density at radius 3 is 2.63 bits per heavy atom. The Hall–Kier alpha value is -1.98. The van der Waals surface area contributed by atoms with Gasteiger partial charge in [0.25, 0.3) is 0 Å². The molecule has 102 valence electrons. The van der Waals surface area contributed by atoms with Crippen LogP contribution in [0, 0.1) is 6.92 Å². The van der Waals surface area contributed by atoms with Gasteiger partial charge < -0.3 is 9.42 Å². The lowest BCUT2D eigenvalue weighted by Gasteiger charge is -2.19. The largest absolute Gasteiger partial charge is 0.352 e. The van der Waals surface area contributed by atoms with Crippen LogP contribution in [0.3, 0.4) is 0 Å². The summed E-state index contributed by atoms with van der Waals surface area (Å²) < 4.78 is 5.11. The quantitative estimate of drug-likeness (QED) is 0.819. The number of aryl methyl sites for hydroxylation is 3. The van der Waals surface area contributed by atoms with Gasteiger partial charge in [0.1, 0.15) is 11.6 Å². The van der Waals surface area contributed by atoms with E-state index in [4.69, 9.17) is 4.52 Å². The minimum Gasteiger partial charge on any atom is -0.352 e. The fraction of sp³-hybridized carbons (Fsp3) is 0.538. The van der Waals surface area contributed by atoms with E-state index in [1.165, 1.54) is 0 Å². The molecule has 0 fully saturated rings. The van der Waals surface area contributed by atoms with Crippen LogP contribution in [-0.2, 0) is 19.4 Å². The second-order valence-electron chi connectivity index (χ2n) is 4.43. The maximum absolute atomic E-state index is 5.11. The fourth-order valence-corrected chi connectivity index (χ4v) is 1.85.